The van der Waals surface area contributed by atoms with Crippen LogP contribution in [0.3, 0.4) is 0 Å². The molecule has 0 spiro atoms. The fourth-order valence-corrected chi connectivity index (χ4v) is 3.60. The normalized spacial score (nSPS) is 15.2. The first-order valence-corrected chi connectivity index (χ1v) is 12.3. The van der Waals surface area contributed by atoms with Crippen LogP contribution in [0.5, 0.6) is 5.75 Å². The summed E-state index contributed by atoms with van der Waals surface area (Å²) < 4.78 is 16.2. The van der Waals surface area contributed by atoms with Gasteiger partial charge in [0.05, 0.1) is 13.7 Å². The number of nitrogens with one attached hydrogen (secondary N) is 1. The van der Waals surface area contributed by atoms with Crippen LogP contribution in [-0.2, 0) is 16.0 Å². The largest absolute Gasteiger partial charge is 0.497 e. The van der Waals surface area contributed by atoms with Crippen molar-refractivity contribution in [3.05, 3.63) is 42.1 Å². The van der Waals surface area contributed by atoms with E-state index in [9.17, 15) is 9.59 Å². The Bertz CT molecular complexity index is 1040. The highest BCUT2D eigenvalue weighted by Crippen LogP contribution is 2.20. The second-order valence-electron chi connectivity index (χ2n) is 10.0. The van der Waals surface area contributed by atoms with Gasteiger partial charge in [-0.2, -0.15) is 4.98 Å². The van der Waals surface area contributed by atoms with Crippen LogP contribution in [0.15, 0.2) is 36.5 Å². The smallest absolute Gasteiger partial charge is 0.410 e. The number of hydrogen-bond acceptors (Lipinski definition) is 9. The predicted molar refractivity (Wildman–Crippen MR) is 141 cm³/mol. The van der Waals surface area contributed by atoms with E-state index < -0.39 is 17.8 Å². The molecule has 0 aliphatic carbocycles. The van der Waals surface area contributed by atoms with Crippen molar-refractivity contribution in [2.45, 2.75) is 45.4 Å². The molecule has 1 atom stereocenters. The van der Waals surface area contributed by atoms with Crippen molar-refractivity contribution in [2.75, 3.05) is 57.6 Å². The Morgan fingerprint density at radius 2 is 1.76 bits per heavy atom. The predicted octanol–water partition coefficient (Wildman–Crippen LogP) is 3.61. The maximum Gasteiger partial charge on any atom is 0.410 e. The second kappa shape index (κ2) is 12.5. The lowest BCUT2D eigenvalue weighted by molar-refractivity contribution is 0.0274. The van der Waals surface area contributed by atoms with Gasteiger partial charge in [-0.25, -0.2) is 14.6 Å². The summed E-state index contributed by atoms with van der Waals surface area (Å²) in [6, 6.07) is 9.67. The third-order valence-electron chi connectivity index (χ3n) is 5.76. The summed E-state index contributed by atoms with van der Waals surface area (Å²) in [7, 11) is 4.94. The molecule has 2 amide bonds. The van der Waals surface area contributed by atoms with Gasteiger partial charge in [0, 0.05) is 52.9 Å². The van der Waals surface area contributed by atoms with E-state index in [2.05, 4.69) is 15.3 Å². The number of likely N-dealkylation sites (N-methyl/N-ethyl adjacent to an activating group) is 2. The Balaban J connectivity index is 1.44. The first kappa shape index (κ1) is 27.8. The van der Waals surface area contributed by atoms with E-state index in [0.29, 0.717) is 45.1 Å². The third-order valence-corrected chi connectivity index (χ3v) is 5.76. The highest BCUT2D eigenvalue weighted by molar-refractivity contribution is 5.69. The highest BCUT2D eigenvalue weighted by Gasteiger charge is 2.29. The van der Waals surface area contributed by atoms with Gasteiger partial charge in [-0.3, -0.25) is 0 Å². The zero-order valence-electron chi connectivity index (χ0n) is 22.6. The van der Waals surface area contributed by atoms with Crippen molar-refractivity contribution in [2.24, 2.45) is 0 Å². The molecule has 1 aliphatic heterocycles. The van der Waals surface area contributed by atoms with E-state index in [1.54, 1.807) is 27.4 Å². The van der Waals surface area contributed by atoms with Crippen LogP contribution in [0.25, 0.3) is 0 Å². The van der Waals surface area contributed by atoms with Gasteiger partial charge < -0.3 is 34.2 Å². The number of carbonyl (C=O) groups is 2. The van der Waals surface area contributed by atoms with Crippen molar-refractivity contribution in [1.82, 2.24) is 19.8 Å². The van der Waals surface area contributed by atoms with E-state index in [4.69, 9.17) is 14.2 Å². The molecule has 0 radical (unpaired) electrons. The van der Waals surface area contributed by atoms with Gasteiger partial charge in [0.25, 0.3) is 0 Å². The number of carbonyl (C=O) groups excluding carboxylic acids is 2. The fourth-order valence-electron chi connectivity index (χ4n) is 3.60. The lowest BCUT2D eigenvalue weighted by Gasteiger charge is -2.26. The van der Waals surface area contributed by atoms with E-state index in [1.807, 2.05) is 56.0 Å². The van der Waals surface area contributed by atoms with Crippen molar-refractivity contribution in [3.8, 4) is 5.75 Å². The van der Waals surface area contributed by atoms with Crippen LogP contribution < -0.4 is 15.0 Å². The van der Waals surface area contributed by atoms with E-state index in [-0.39, 0.29) is 6.10 Å². The summed E-state index contributed by atoms with van der Waals surface area (Å²) in [6.07, 6.45) is 1.27. The minimum Gasteiger partial charge on any atom is -0.497 e. The Morgan fingerprint density at radius 1 is 1.08 bits per heavy atom. The Labute approximate surface area is 218 Å². The van der Waals surface area contributed by atoms with Gasteiger partial charge in [-0.15, -0.1) is 0 Å². The van der Waals surface area contributed by atoms with Crippen LogP contribution in [-0.4, -0.2) is 91.0 Å². The molecule has 0 unspecified atom stereocenters. The summed E-state index contributed by atoms with van der Waals surface area (Å²) >= 11 is 0. The van der Waals surface area contributed by atoms with Gasteiger partial charge in [0.2, 0.25) is 5.95 Å². The first-order valence-electron chi connectivity index (χ1n) is 12.3. The molecule has 2 aromatic rings. The maximum absolute atomic E-state index is 12.6. The van der Waals surface area contributed by atoms with Crippen LogP contribution in [0.1, 0.15) is 32.8 Å². The number of rotatable bonds is 9. The highest BCUT2D eigenvalue weighted by atomic mass is 16.6. The zero-order chi connectivity index (χ0) is 27.0. The molecule has 202 valence electrons. The number of ether oxygens (including phenoxy) is 3. The molecular formula is C26H38N6O5. The quantitative estimate of drug-likeness (QED) is 0.537. The molecular weight excluding hydrogens is 476 g/mol. The van der Waals surface area contributed by atoms with Crippen LogP contribution >= 0.6 is 0 Å². The van der Waals surface area contributed by atoms with E-state index in [1.165, 1.54) is 9.80 Å². The van der Waals surface area contributed by atoms with Crippen molar-refractivity contribution >= 4 is 24.0 Å². The topological polar surface area (TPSA) is 109 Å². The third kappa shape index (κ3) is 8.69. The number of aromatic nitrogens is 2. The number of nitrogens with zero attached hydrogens (tertiary/aromatic N) is 5. The van der Waals surface area contributed by atoms with E-state index in [0.717, 1.165) is 17.1 Å². The maximum atomic E-state index is 12.6. The van der Waals surface area contributed by atoms with Gasteiger partial charge in [-0.05, 0) is 44.5 Å². The molecule has 1 fully saturated rings. The molecule has 1 N–H and O–H groups in total. The van der Waals surface area contributed by atoms with Gasteiger partial charge >= 0.3 is 12.2 Å². The summed E-state index contributed by atoms with van der Waals surface area (Å²) in [4.78, 5) is 38.6. The minimum absolute atomic E-state index is 0.266. The van der Waals surface area contributed by atoms with E-state index >= 15 is 0 Å². The summed E-state index contributed by atoms with van der Waals surface area (Å²) in [5.74, 6) is 2.12. The lowest BCUT2D eigenvalue weighted by Crippen LogP contribution is -2.41. The summed E-state index contributed by atoms with van der Waals surface area (Å²) in [6.45, 7) is 7.92. The van der Waals surface area contributed by atoms with Crippen molar-refractivity contribution < 1.29 is 23.8 Å². The van der Waals surface area contributed by atoms with Crippen LogP contribution in [0.2, 0.25) is 0 Å². The SMILES string of the molecule is COc1ccc(CNc2ccnc(N3CC[C@@H](OC(=O)N(C)CCN(C)C(=O)OC(C)(C)C)C3)n2)cc1. The Hall–Kier alpha value is -3.76. The number of methoxy groups -OCH3 is 1. The molecule has 3 rings (SSSR count). The van der Waals surface area contributed by atoms with Crippen molar-refractivity contribution in [3.63, 3.8) is 0 Å². The molecule has 11 heteroatoms. The van der Waals surface area contributed by atoms with Gasteiger partial charge in [-0.1, -0.05) is 12.1 Å². The molecule has 1 saturated heterocycles. The van der Waals surface area contributed by atoms with Crippen molar-refractivity contribution in [1.29, 1.82) is 0 Å². The van der Waals surface area contributed by atoms with Crippen LogP contribution in [0, 0.1) is 0 Å². The number of amides is 2. The molecule has 2 heterocycles. The Morgan fingerprint density at radius 3 is 2.41 bits per heavy atom. The fraction of sp³-hybridized carbons (Fsp3) is 0.538. The summed E-state index contributed by atoms with van der Waals surface area (Å²) in [5, 5.41) is 3.32. The molecule has 0 saturated carbocycles. The van der Waals surface area contributed by atoms with Gasteiger partial charge in [0.1, 0.15) is 23.3 Å². The molecule has 1 aromatic heterocycles. The second-order valence-corrected chi connectivity index (χ2v) is 10.0. The minimum atomic E-state index is -0.569. The standard InChI is InChI=1S/C26H38N6O5/c1-26(2,3)37-25(34)31(5)16-15-30(4)24(33)36-21-12-14-32(18-21)23-27-13-11-22(29-23)28-17-19-7-9-20(35-6)10-8-19/h7-11,13,21H,12,14-18H2,1-6H3,(H,27,28,29)/t21-/m1/s1. The average molecular weight is 515 g/mol. The Kier molecular flexibility index (Phi) is 9.37. The lowest BCUT2D eigenvalue weighted by atomic mass is 10.2. The van der Waals surface area contributed by atoms with Crippen LogP contribution in [0.4, 0.5) is 21.4 Å². The monoisotopic (exact) mass is 514 g/mol. The number of anilines is 2. The molecule has 1 aromatic carbocycles. The molecule has 0 bridgehead atoms. The summed E-state index contributed by atoms with van der Waals surface area (Å²) in [5.41, 5.74) is 0.538. The molecule has 1 aliphatic rings. The zero-order valence-corrected chi connectivity index (χ0v) is 22.6. The molecule has 11 nitrogen and oxygen atoms in total. The average Bonchev–Trinajstić information content (AvgIpc) is 3.33. The van der Waals surface area contributed by atoms with Gasteiger partial charge in [0.15, 0.2) is 0 Å². The molecule has 37 heavy (non-hydrogen) atoms. The first-order chi connectivity index (χ1) is 17.5. The number of hydrogen-bond donors (Lipinski definition) is 1. The number of benzene rings is 1.